The maximum absolute atomic E-state index is 14.0. The molecule has 0 bridgehead atoms. The number of aromatic amines is 1. The molecule has 8 heteroatoms. The fourth-order valence-corrected chi connectivity index (χ4v) is 4.78. The zero-order valence-corrected chi connectivity index (χ0v) is 19.2. The number of hydrogen-bond acceptors (Lipinski definition) is 1. The van der Waals surface area contributed by atoms with E-state index in [-0.39, 0.29) is 12.2 Å². The van der Waals surface area contributed by atoms with E-state index in [0.717, 1.165) is 41.3 Å². The quantitative estimate of drug-likeness (QED) is 0.452. The Kier molecular flexibility index (Phi) is 5.85. The Morgan fingerprint density at radius 3 is 2.39 bits per heavy atom. The highest BCUT2D eigenvalue weighted by atomic mass is 35.5. The van der Waals surface area contributed by atoms with Gasteiger partial charge in [0.2, 0.25) is 10.8 Å². The van der Waals surface area contributed by atoms with Gasteiger partial charge in [-0.25, -0.2) is 4.98 Å². The maximum atomic E-state index is 14.0. The monoisotopic (exact) mass is 453 g/mol. The van der Waals surface area contributed by atoms with Gasteiger partial charge in [-0.1, -0.05) is 37.5 Å². The first-order valence-corrected chi connectivity index (χ1v) is 11.2. The van der Waals surface area contributed by atoms with Crippen molar-refractivity contribution in [2.24, 2.45) is 5.92 Å². The number of benzene rings is 1. The molecule has 0 aliphatic heterocycles. The molecule has 1 saturated carbocycles. The van der Waals surface area contributed by atoms with E-state index < -0.39 is 11.9 Å². The zero-order valence-electron chi connectivity index (χ0n) is 18.4. The van der Waals surface area contributed by atoms with Crippen molar-refractivity contribution in [3.63, 3.8) is 0 Å². The summed E-state index contributed by atoms with van der Waals surface area (Å²) in [5.41, 5.74) is 3.32. The highest BCUT2D eigenvalue weighted by Gasteiger charge is 2.43. The van der Waals surface area contributed by atoms with Gasteiger partial charge in [0, 0.05) is 0 Å². The molecular formula is C23H29ClF3N4+. The van der Waals surface area contributed by atoms with Gasteiger partial charge in [0.05, 0.1) is 6.54 Å². The van der Waals surface area contributed by atoms with Crippen molar-refractivity contribution in [1.29, 1.82) is 0 Å². The lowest BCUT2D eigenvalue weighted by Crippen LogP contribution is -2.33. The number of hydrogen-bond donors (Lipinski definition) is 1. The van der Waals surface area contributed by atoms with Crippen molar-refractivity contribution in [3.05, 3.63) is 51.6 Å². The number of aryl methyl sites for hydroxylation is 3. The van der Waals surface area contributed by atoms with Crippen LogP contribution in [0.1, 0.15) is 54.3 Å². The van der Waals surface area contributed by atoms with E-state index in [2.05, 4.69) is 9.88 Å². The second-order valence-corrected chi connectivity index (χ2v) is 9.16. The number of rotatable bonds is 7. The Balaban J connectivity index is 1.84. The summed E-state index contributed by atoms with van der Waals surface area (Å²) < 4.78 is 45.2. The minimum Gasteiger partial charge on any atom is -0.296 e. The van der Waals surface area contributed by atoms with Crippen molar-refractivity contribution in [2.75, 3.05) is 13.1 Å². The lowest BCUT2D eigenvalue weighted by atomic mass is 10.1. The summed E-state index contributed by atoms with van der Waals surface area (Å²) in [7, 11) is 0. The van der Waals surface area contributed by atoms with E-state index in [9.17, 15) is 13.2 Å². The molecule has 3 aromatic rings. The zero-order chi connectivity index (χ0) is 22.5. The summed E-state index contributed by atoms with van der Waals surface area (Å²) >= 11 is 6.57. The Morgan fingerprint density at radius 1 is 1.19 bits per heavy atom. The fraction of sp³-hybridized carbons (Fsp3) is 0.522. The van der Waals surface area contributed by atoms with Crippen LogP contribution in [0.25, 0.3) is 11.5 Å². The molecule has 2 heterocycles. The first-order valence-electron chi connectivity index (χ1n) is 10.8. The van der Waals surface area contributed by atoms with Crippen molar-refractivity contribution in [3.8, 4) is 5.69 Å². The number of imidazole rings is 2. The van der Waals surface area contributed by atoms with Crippen LogP contribution in [0.3, 0.4) is 0 Å². The van der Waals surface area contributed by atoms with Crippen LogP contribution in [0.4, 0.5) is 13.2 Å². The van der Waals surface area contributed by atoms with E-state index >= 15 is 0 Å². The van der Waals surface area contributed by atoms with E-state index in [1.54, 1.807) is 15.2 Å². The number of aromatic nitrogens is 3. The Labute approximate surface area is 185 Å². The molecule has 0 radical (unpaired) electrons. The molecule has 0 spiro atoms. The highest BCUT2D eigenvalue weighted by Crippen LogP contribution is 2.35. The molecule has 1 aliphatic rings. The second kappa shape index (κ2) is 8.17. The van der Waals surface area contributed by atoms with Crippen molar-refractivity contribution in [2.45, 2.75) is 59.7 Å². The fourth-order valence-electron chi connectivity index (χ4n) is 4.52. The third kappa shape index (κ3) is 4.35. The van der Waals surface area contributed by atoms with E-state index in [1.165, 1.54) is 12.8 Å². The van der Waals surface area contributed by atoms with Gasteiger partial charge in [0.15, 0.2) is 0 Å². The summed E-state index contributed by atoms with van der Waals surface area (Å²) in [5, 5.41) is 0.373. The molecule has 4 rings (SSSR count). The normalized spacial score (nSPS) is 14.9. The third-order valence-corrected chi connectivity index (χ3v) is 6.49. The van der Waals surface area contributed by atoms with Crippen LogP contribution in [0.5, 0.6) is 0 Å². The summed E-state index contributed by atoms with van der Waals surface area (Å²) in [5.74, 6) is 1.05. The van der Waals surface area contributed by atoms with Crippen LogP contribution >= 0.6 is 11.6 Å². The maximum Gasteiger partial charge on any atom is 0.449 e. The van der Waals surface area contributed by atoms with Gasteiger partial charge in [0.1, 0.15) is 17.6 Å². The number of halogens is 4. The first-order chi connectivity index (χ1) is 14.6. The predicted molar refractivity (Wildman–Crippen MR) is 116 cm³/mol. The average molecular weight is 454 g/mol. The van der Waals surface area contributed by atoms with Crippen molar-refractivity contribution < 1.29 is 17.6 Å². The summed E-state index contributed by atoms with van der Waals surface area (Å²) in [6, 6.07) is 4.03. The molecule has 1 aliphatic carbocycles. The van der Waals surface area contributed by atoms with E-state index in [4.69, 9.17) is 11.6 Å². The Bertz CT molecular complexity index is 1090. The summed E-state index contributed by atoms with van der Waals surface area (Å²) in [6.45, 7) is 9.61. The third-order valence-electron chi connectivity index (χ3n) is 6.22. The number of nitrogens with one attached hydrogen (secondary N) is 1. The molecule has 0 amide bonds. The molecular weight excluding hydrogens is 425 g/mol. The van der Waals surface area contributed by atoms with Gasteiger partial charge in [-0.2, -0.15) is 22.1 Å². The molecule has 0 saturated heterocycles. The van der Waals surface area contributed by atoms with Crippen LogP contribution < -0.4 is 4.40 Å². The molecule has 1 aromatic carbocycles. The lowest BCUT2D eigenvalue weighted by Gasteiger charge is -2.19. The number of H-pyrrole nitrogens is 1. The topological polar surface area (TPSA) is 28.1 Å². The summed E-state index contributed by atoms with van der Waals surface area (Å²) in [6.07, 6.45) is 0.624. The van der Waals surface area contributed by atoms with Gasteiger partial charge in [-0.3, -0.25) is 4.90 Å². The molecule has 0 unspecified atom stereocenters. The average Bonchev–Trinajstić information content (AvgIpc) is 3.35. The highest BCUT2D eigenvalue weighted by molar-refractivity contribution is 6.29. The van der Waals surface area contributed by atoms with Gasteiger partial charge in [-0.15, -0.1) is 0 Å². The molecule has 1 fully saturated rings. The largest absolute Gasteiger partial charge is 0.449 e. The minimum absolute atomic E-state index is 0.197. The predicted octanol–water partition coefficient (Wildman–Crippen LogP) is 5.76. The Hall–Kier alpha value is -1.99. The van der Waals surface area contributed by atoms with Crippen LogP contribution in [0, 0.1) is 26.7 Å². The summed E-state index contributed by atoms with van der Waals surface area (Å²) in [4.78, 5) is 4.74. The van der Waals surface area contributed by atoms with Gasteiger partial charge in [0.25, 0.3) is 0 Å². The molecule has 1 N–H and O–H groups in total. The van der Waals surface area contributed by atoms with E-state index in [0.29, 0.717) is 17.5 Å². The Morgan fingerprint density at radius 2 is 1.84 bits per heavy atom. The smallest absolute Gasteiger partial charge is 0.296 e. The first kappa shape index (κ1) is 22.2. The SMILES string of the molecule is CCN(CCC1CC1)Cc1c(C(F)(F)F)[nH]c2n(-c3c(C)cc(C)cc3C)c(Cl)c[n+]12. The van der Waals surface area contributed by atoms with Gasteiger partial charge >= 0.3 is 12.0 Å². The molecule has 31 heavy (non-hydrogen) atoms. The van der Waals surface area contributed by atoms with E-state index in [1.807, 2.05) is 39.8 Å². The van der Waals surface area contributed by atoms with Crippen LogP contribution in [-0.4, -0.2) is 27.5 Å². The minimum atomic E-state index is -4.48. The molecule has 0 atom stereocenters. The van der Waals surface area contributed by atoms with Gasteiger partial charge < -0.3 is 0 Å². The van der Waals surface area contributed by atoms with Crippen LogP contribution in [0.15, 0.2) is 18.3 Å². The van der Waals surface area contributed by atoms with Crippen LogP contribution in [0.2, 0.25) is 5.15 Å². The van der Waals surface area contributed by atoms with Gasteiger partial charge in [-0.05, 0) is 68.9 Å². The van der Waals surface area contributed by atoms with Crippen molar-refractivity contribution >= 4 is 17.4 Å². The number of alkyl halides is 3. The molecule has 4 nitrogen and oxygen atoms in total. The standard InChI is InChI=1S/C23H28ClF3N4/c1-5-29(9-8-17-6-7-17)12-18-21(23(25,26)27)28-22-30(18)13-19(24)31(22)20-15(3)10-14(2)11-16(20)4/h10-11,13,17H,5-9,12H2,1-4H3/p+1. The van der Waals surface area contributed by atoms with Crippen LogP contribution in [-0.2, 0) is 12.7 Å². The molecule has 168 valence electrons. The number of fused-ring (bicyclic) bond motifs is 1. The van der Waals surface area contributed by atoms with Crippen molar-refractivity contribution in [1.82, 2.24) is 14.5 Å². The second-order valence-electron chi connectivity index (χ2n) is 8.77. The lowest BCUT2D eigenvalue weighted by molar-refractivity contribution is -0.520. The molecule has 2 aromatic heterocycles. The number of nitrogens with zero attached hydrogens (tertiary/aromatic N) is 3.